The van der Waals surface area contributed by atoms with Gasteiger partial charge in [-0.3, -0.25) is 0 Å². The number of fused-ring (bicyclic) bond motifs is 6. The van der Waals surface area contributed by atoms with E-state index in [2.05, 4.69) is 151 Å². The number of allylic oxidation sites excluding steroid dienone is 3. The Balaban J connectivity index is 1.14. The normalized spacial score (nSPS) is 24.7. The monoisotopic (exact) mass is 629 g/mol. The molecule has 5 atom stereocenters. The fourth-order valence-electron chi connectivity index (χ4n) is 9.77. The van der Waals surface area contributed by atoms with Gasteiger partial charge in [-0.1, -0.05) is 0 Å². The average molecular weight is 630 g/mol. The molecule has 1 fully saturated rings. The summed E-state index contributed by atoms with van der Waals surface area (Å²) in [5.74, 6) is 2.34. The molecule has 9 rings (SSSR count). The first-order valence-electron chi connectivity index (χ1n) is 17.0. The summed E-state index contributed by atoms with van der Waals surface area (Å²) in [5, 5.41) is 0. The van der Waals surface area contributed by atoms with Crippen LogP contribution in [0.15, 0.2) is 145 Å². The predicted molar refractivity (Wildman–Crippen MR) is 187 cm³/mol. The third kappa shape index (κ3) is 4.45. The van der Waals surface area contributed by atoms with Crippen LogP contribution in [-0.4, -0.2) is 4.23 Å². The van der Waals surface area contributed by atoms with Gasteiger partial charge in [0, 0.05) is 0 Å². The Morgan fingerprint density at radius 3 is 2.09 bits per heavy atom. The van der Waals surface area contributed by atoms with E-state index in [1.54, 1.807) is 22.3 Å². The van der Waals surface area contributed by atoms with Gasteiger partial charge in [0.2, 0.25) is 0 Å². The molecule has 0 bridgehead atoms. The summed E-state index contributed by atoms with van der Waals surface area (Å²) < 4.78 is 1.50. The van der Waals surface area contributed by atoms with Crippen molar-refractivity contribution in [2.45, 2.75) is 49.9 Å². The molecule has 1 saturated carbocycles. The second-order valence-electron chi connectivity index (χ2n) is 13.9. The molecule has 4 aliphatic carbocycles. The Labute approximate surface area is 282 Å². The maximum absolute atomic E-state index is 4.54. The summed E-state index contributed by atoms with van der Waals surface area (Å²) in [6.45, 7) is 4.54. The van der Waals surface area contributed by atoms with Crippen LogP contribution in [0.5, 0.6) is 0 Å². The van der Waals surface area contributed by atoms with Crippen LogP contribution in [0.25, 0.3) is 11.1 Å². The summed E-state index contributed by atoms with van der Waals surface area (Å²) >= 11 is 3.06. The maximum atomic E-state index is 4.54. The van der Waals surface area contributed by atoms with Gasteiger partial charge in [0.1, 0.15) is 0 Å². The van der Waals surface area contributed by atoms with Crippen molar-refractivity contribution in [3.63, 3.8) is 0 Å². The van der Waals surface area contributed by atoms with Gasteiger partial charge in [-0.05, 0) is 0 Å². The second kappa shape index (κ2) is 11.4. The molecule has 1 heteroatoms. The molecule has 5 aromatic rings. The first-order valence-corrected chi connectivity index (χ1v) is 17.7. The second-order valence-corrected chi connectivity index (χ2v) is 14.7. The first kappa shape index (κ1) is 28.3. The standard InChI is InChI=1S/C45H38.V/c1-29(25-30-13-3-2-4-14-30)26-31-27-32-15-5-6-16-33(32)42(28-31)35-21-11-22-36(35)43-39-19-9-10-20-40(39)44-37-18-8-7-17-34(37)38-23-12-24-41(43)45(38)44;/h2-10,12-20,23-24,26,35-36,42-44H,1,11,21-22,25,27H2;/q;+2. The van der Waals surface area contributed by atoms with Gasteiger partial charge >= 0.3 is 284 Å². The molecule has 4 aliphatic rings. The molecule has 0 aliphatic heterocycles. The molecule has 46 heavy (non-hydrogen) atoms. The van der Waals surface area contributed by atoms with E-state index in [1.807, 2.05) is 0 Å². The molecule has 0 spiro atoms. The molecule has 0 nitrogen and oxygen atoms in total. The Morgan fingerprint density at radius 2 is 1.26 bits per heavy atom. The molecule has 0 amide bonds. The van der Waals surface area contributed by atoms with Gasteiger partial charge in [0.15, 0.2) is 0 Å². The number of hydrogen-bond acceptors (Lipinski definition) is 0. The van der Waals surface area contributed by atoms with Crippen LogP contribution in [0.1, 0.15) is 81.5 Å². The third-order valence-electron chi connectivity index (χ3n) is 11.5. The van der Waals surface area contributed by atoms with Crippen molar-refractivity contribution in [2.24, 2.45) is 11.8 Å². The molecular formula is C45H38V+2. The molecule has 0 heterocycles. The molecule has 5 aromatic carbocycles. The molecule has 0 aromatic heterocycles. The van der Waals surface area contributed by atoms with Crippen molar-refractivity contribution >= 4 is 4.23 Å². The molecule has 0 radical (unpaired) electrons. The minimum atomic E-state index is 0.347. The zero-order valence-corrected chi connectivity index (χ0v) is 27.6. The fraction of sp³-hybridized carbons (Fsp3) is 0.222. The van der Waals surface area contributed by atoms with Crippen LogP contribution in [0.4, 0.5) is 0 Å². The van der Waals surface area contributed by atoms with Crippen LogP contribution in [0.3, 0.4) is 0 Å². The predicted octanol–water partition coefficient (Wildman–Crippen LogP) is 10.5. The van der Waals surface area contributed by atoms with E-state index < -0.39 is 0 Å². The molecule has 0 N–H and O–H groups in total. The quantitative estimate of drug-likeness (QED) is 0.178. The number of hydrogen-bond donors (Lipinski definition) is 0. The summed E-state index contributed by atoms with van der Waals surface area (Å²) in [6, 6.07) is 45.9. The van der Waals surface area contributed by atoms with Crippen LogP contribution < -0.4 is 0 Å². The Morgan fingerprint density at radius 1 is 0.630 bits per heavy atom. The molecule has 221 valence electrons. The Hall–Kier alpha value is -3.97. The van der Waals surface area contributed by atoms with Crippen LogP contribution in [0, 0.1) is 11.8 Å². The van der Waals surface area contributed by atoms with Crippen LogP contribution in [0.2, 0.25) is 0 Å². The van der Waals surface area contributed by atoms with Crippen molar-refractivity contribution in [3.05, 3.63) is 190 Å². The topological polar surface area (TPSA) is 0 Å². The zero-order chi connectivity index (χ0) is 30.8. The van der Waals surface area contributed by atoms with E-state index in [0.717, 1.165) is 12.8 Å². The van der Waals surface area contributed by atoms with Crippen molar-refractivity contribution in [3.8, 4) is 11.1 Å². The summed E-state index contributed by atoms with van der Waals surface area (Å²) in [6.07, 6.45) is 8.15. The van der Waals surface area contributed by atoms with Crippen molar-refractivity contribution in [1.82, 2.24) is 0 Å². The van der Waals surface area contributed by atoms with Gasteiger partial charge in [-0.15, -0.1) is 0 Å². The number of benzene rings is 5. The van der Waals surface area contributed by atoms with Crippen molar-refractivity contribution in [2.75, 3.05) is 0 Å². The van der Waals surface area contributed by atoms with E-state index in [1.165, 1.54) is 68.0 Å². The Kier molecular flexibility index (Phi) is 6.99. The van der Waals surface area contributed by atoms with E-state index in [4.69, 9.17) is 0 Å². The van der Waals surface area contributed by atoms with Gasteiger partial charge in [0.05, 0.1) is 0 Å². The van der Waals surface area contributed by atoms with Crippen molar-refractivity contribution < 1.29 is 17.0 Å². The summed E-state index contributed by atoms with van der Waals surface area (Å²) in [5.41, 5.74) is 17.6. The minimum absolute atomic E-state index is 0.347. The summed E-state index contributed by atoms with van der Waals surface area (Å²) in [4.78, 5) is 0. The van der Waals surface area contributed by atoms with Gasteiger partial charge in [-0.25, -0.2) is 0 Å². The molecular weight excluding hydrogens is 591 g/mol. The number of rotatable bonds is 5. The molecule has 5 unspecified atom stereocenters. The van der Waals surface area contributed by atoms with Crippen molar-refractivity contribution in [1.29, 1.82) is 0 Å². The van der Waals surface area contributed by atoms with Gasteiger partial charge in [-0.2, -0.15) is 0 Å². The first-order chi connectivity index (χ1) is 22.7. The van der Waals surface area contributed by atoms with Crippen LogP contribution >= 0.6 is 0 Å². The third-order valence-corrected chi connectivity index (χ3v) is 12.4. The zero-order valence-electron chi connectivity index (χ0n) is 26.2. The van der Waals surface area contributed by atoms with E-state index in [9.17, 15) is 0 Å². The SMILES string of the molecule is C=C(C=C1Cc2ccccc2C(C2CCCC2C2c3ccccc3C3c4ccccc4-c4cccc2c43)[C]1=[V+2])Cc1ccccc1. The Bertz CT molecular complexity index is 2050. The van der Waals surface area contributed by atoms with E-state index in [-0.39, 0.29) is 0 Å². The van der Waals surface area contributed by atoms with Gasteiger partial charge < -0.3 is 0 Å². The molecule has 0 saturated heterocycles. The fourth-order valence-corrected chi connectivity index (χ4v) is 10.5. The van der Waals surface area contributed by atoms with E-state index >= 15 is 0 Å². The van der Waals surface area contributed by atoms with E-state index in [0.29, 0.717) is 29.6 Å². The van der Waals surface area contributed by atoms with Crippen LogP contribution in [-0.2, 0) is 29.8 Å². The summed E-state index contributed by atoms with van der Waals surface area (Å²) in [7, 11) is 0. The van der Waals surface area contributed by atoms with Gasteiger partial charge in [0.25, 0.3) is 0 Å². The average Bonchev–Trinajstić information content (AvgIpc) is 3.70.